The molecule has 1 rings (SSSR count). The van der Waals surface area contributed by atoms with Crippen LogP contribution in [0.2, 0.25) is 0 Å². The van der Waals surface area contributed by atoms with Crippen molar-refractivity contribution >= 4 is 24.1 Å². The van der Waals surface area contributed by atoms with E-state index in [1.807, 2.05) is 27.7 Å². The number of hydrogen-bond acceptors (Lipinski definition) is 9. The third-order valence-corrected chi connectivity index (χ3v) is 6.20. The number of carboxylic acids is 1. The lowest BCUT2D eigenvalue weighted by Crippen LogP contribution is -2.38. The number of esters is 2. The first kappa shape index (κ1) is 32.9. The molecule has 10 nitrogen and oxygen atoms in total. The average Bonchev–Trinajstić information content (AvgIpc) is 2.82. The molecule has 0 saturated carbocycles. The van der Waals surface area contributed by atoms with E-state index in [2.05, 4.69) is 0 Å². The monoisotopic (exact) mass is 537 g/mol. The Morgan fingerprint density at radius 1 is 0.842 bits per heavy atom. The summed E-state index contributed by atoms with van der Waals surface area (Å²) in [6.45, 7) is 12.7. The van der Waals surface area contributed by atoms with E-state index >= 15 is 0 Å². The minimum Gasteiger partial charge on any atom is -0.480 e. The first-order valence-corrected chi connectivity index (χ1v) is 13.2. The summed E-state index contributed by atoms with van der Waals surface area (Å²) < 4.78 is 21.3. The predicted molar refractivity (Wildman–Crippen MR) is 141 cm³/mol. The Hall–Kier alpha value is -3.14. The fourth-order valence-electron chi connectivity index (χ4n) is 3.56. The van der Waals surface area contributed by atoms with E-state index < -0.39 is 42.1 Å². The van der Waals surface area contributed by atoms with Crippen molar-refractivity contribution in [1.29, 1.82) is 0 Å². The van der Waals surface area contributed by atoms with Crippen LogP contribution in [0.4, 0.5) is 4.79 Å². The number of rotatable bonds is 15. The maximum atomic E-state index is 12.6. The summed E-state index contributed by atoms with van der Waals surface area (Å²) >= 11 is 0. The minimum atomic E-state index is -1.36. The Morgan fingerprint density at radius 2 is 1.37 bits per heavy atom. The van der Waals surface area contributed by atoms with Gasteiger partial charge >= 0.3 is 24.1 Å². The van der Waals surface area contributed by atoms with Crippen LogP contribution >= 0.6 is 0 Å². The molecule has 1 aromatic rings. The van der Waals surface area contributed by atoms with Gasteiger partial charge in [-0.05, 0) is 56.7 Å². The Bertz CT molecular complexity index is 946. The van der Waals surface area contributed by atoms with Crippen molar-refractivity contribution in [1.82, 2.24) is 0 Å². The number of carbonyl (C=O) groups excluding carboxylic acids is 3. The third-order valence-electron chi connectivity index (χ3n) is 6.20. The molecule has 214 valence electrons. The Balaban J connectivity index is 3.34. The van der Waals surface area contributed by atoms with E-state index in [1.165, 1.54) is 12.1 Å². The van der Waals surface area contributed by atoms with Crippen LogP contribution in [-0.2, 0) is 23.9 Å². The van der Waals surface area contributed by atoms with Crippen molar-refractivity contribution in [2.75, 3.05) is 0 Å². The van der Waals surface area contributed by atoms with Gasteiger partial charge in [-0.2, -0.15) is 0 Å². The first-order valence-electron chi connectivity index (χ1n) is 13.2. The van der Waals surface area contributed by atoms with Crippen LogP contribution in [0, 0.1) is 11.8 Å². The molecule has 0 saturated heterocycles. The van der Waals surface area contributed by atoms with Crippen LogP contribution in [0.15, 0.2) is 18.2 Å². The van der Waals surface area contributed by atoms with Crippen LogP contribution in [0.25, 0.3) is 0 Å². The fourth-order valence-corrected chi connectivity index (χ4v) is 3.56. The summed E-state index contributed by atoms with van der Waals surface area (Å²) in [5, 5.41) is 9.64. The first-order chi connectivity index (χ1) is 17.8. The molecule has 0 heterocycles. The summed E-state index contributed by atoms with van der Waals surface area (Å²) in [5.74, 6) is -2.84. The zero-order chi connectivity index (χ0) is 29.0. The molecule has 0 radical (unpaired) electrons. The van der Waals surface area contributed by atoms with Gasteiger partial charge in [0.25, 0.3) is 0 Å². The second-order valence-electron chi connectivity index (χ2n) is 10.1. The second-order valence-corrected chi connectivity index (χ2v) is 10.1. The molecule has 0 aromatic heterocycles. The van der Waals surface area contributed by atoms with Gasteiger partial charge < -0.3 is 29.8 Å². The van der Waals surface area contributed by atoms with E-state index in [-0.39, 0.29) is 48.7 Å². The molecule has 10 heteroatoms. The topological polar surface area (TPSA) is 151 Å². The molecular weight excluding hydrogens is 494 g/mol. The molecule has 1 aromatic carbocycles. The Labute approximate surface area is 225 Å². The lowest BCUT2D eigenvalue weighted by molar-refractivity contribution is -0.139. The summed E-state index contributed by atoms with van der Waals surface area (Å²) in [7, 11) is 0. The van der Waals surface area contributed by atoms with E-state index in [1.54, 1.807) is 26.8 Å². The van der Waals surface area contributed by atoms with Crippen LogP contribution < -0.4 is 15.2 Å². The van der Waals surface area contributed by atoms with Gasteiger partial charge in [0, 0.05) is 18.8 Å². The van der Waals surface area contributed by atoms with Gasteiger partial charge in [-0.25, -0.2) is 4.79 Å². The molecule has 5 atom stereocenters. The molecule has 38 heavy (non-hydrogen) atoms. The summed E-state index contributed by atoms with van der Waals surface area (Å²) in [6.07, 6.45) is -0.0276. The van der Waals surface area contributed by atoms with Gasteiger partial charge in [0.2, 0.25) is 0 Å². The lowest BCUT2D eigenvalue weighted by atomic mass is 9.87. The second kappa shape index (κ2) is 16.0. The summed E-state index contributed by atoms with van der Waals surface area (Å²) in [4.78, 5) is 48.8. The van der Waals surface area contributed by atoms with Gasteiger partial charge in [0.15, 0.2) is 11.5 Å². The highest BCUT2D eigenvalue weighted by molar-refractivity contribution is 5.77. The van der Waals surface area contributed by atoms with Gasteiger partial charge in [-0.3, -0.25) is 14.4 Å². The molecule has 0 fully saturated rings. The number of benzene rings is 1. The number of aliphatic carboxylic acids is 1. The van der Waals surface area contributed by atoms with Crippen molar-refractivity contribution in [2.45, 2.75) is 105 Å². The molecule has 0 aliphatic carbocycles. The fraction of sp³-hybridized carbons (Fsp3) is 0.643. The number of ether oxygens (including phenoxy) is 4. The highest BCUT2D eigenvalue weighted by Gasteiger charge is 2.30. The molecule has 0 aliphatic heterocycles. The van der Waals surface area contributed by atoms with Crippen molar-refractivity contribution in [3.05, 3.63) is 23.8 Å². The number of carboxylic acid groups (broad SMARTS) is 1. The summed E-state index contributed by atoms with van der Waals surface area (Å²) in [5.41, 5.74) is 6.43. The van der Waals surface area contributed by atoms with Crippen molar-refractivity contribution in [2.24, 2.45) is 17.6 Å². The third kappa shape index (κ3) is 11.5. The molecule has 0 spiro atoms. The highest BCUT2D eigenvalue weighted by Crippen LogP contribution is 2.35. The van der Waals surface area contributed by atoms with Gasteiger partial charge in [0.1, 0.15) is 12.1 Å². The number of hydrogen-bond donors (Lipinski definition) is 2. The number of nitrogens with two attached hydrogens (primary N) is 1. The Morgan fingerprint density at radius 3 is 1.84 bits per heavy atom. The summed E-state index contributed by atoms with van der Waals surface area (Å²) in [6, 6.07) is 3.11. The van der Waals surface area contributed by atoms with Crippen molar-refractivity contribution in [3.63, 3.8) is 0 Å². The normalized spacial score (nSPS) is 15.1. The van der Waals surface area contributed by atoms with Crippen LogP contribution in [0.3, 0.4) is 0 Å². The molecule has 0 aliphatic rings. The van der Waals surface area contributed by atoms with Gasteiger partial charge in [-0.1, -0.05) is 46.6 Å². The van der Waals surface area contributed by atoms with E-state index in [9.17, 15) is 24.3 Å². The zero-order valence-corrected chi connectivity index (χ0v) is 23.5. The van der Waals surface area contributed by atoms with Crippen molar-refractivity contribution in [3.8, 4) is 11.5 Å². The maximum absolute atomic E-state index is 12.6. The molecule has 0 bridgehead atoms. The predicted octanol–water partition coefficient (Wildman–Crippen LogP) is 5.21. The van der Waals surface area contributed by atoms with Crippen LogP contribution in [-0.4, -0.2) is 47.4 Å². The molecule has 4 unspecified atom stereocenters. The lowest BCUT2D eigenvalue weighted by Gasteiger charge is -2.25. The molecule has 3 N–H and O–H groups in total. The average molecular weight is 538 g/mol. The number of carbonyl (C=O) groups is 4. The zero-order valence-electron chi connectivity index (χ0n) is 23.5. The quantitative estimate of drug-likeness (QED) is 0.225. The maximum Gasteiger partial charge on any atom is 0.508 e. The van der Waals surface area contributed by atoms with Crippen molar-refractivity contribution < 1.29 is 43.2 Å². The SMILES string of the molecule is CCC(C)CC(=O)Oc1ccc(C(CC(C)OC(=O)OC(C)C)[C@H](N)C(=O)O)cc1OC(=O)CC(C)CC. The molecular formula is C28H43NO9. The van der Waals surface area contributed by atoms with Crippen LogP contribution in [0.1, 0.15) is 92.1 Å². The minimum absolute atomic E-state index is 0.0105. The van der Waals surface area contributed by atoms with Gasteiger partial charge in [-0.15, -0.1) is 0 Å². The smallest absolute Gasteiger partial charge is 0.480 e. The highest BCUT2D eigenvalue weighted by atomic mass is 16.7. The Kier molecular flexibility index (Phi) is 13.8. The van der Waals surface area contributed by atoms with E-state index in [0.29, 0.717) is 5.56 Å². The standard InChI is InChI=1S/C28H43NO9/c1-8-17(5)12-24(30)37-22-11-10-20(15-23(22)38-25(31)13-18(6)9-2)21(26(29)27(32)33)14-19(7)36-28(34)35-16(3)4/h10-11,15-19,21,26H,8-9,12-14,29H2,1-7H3,(H,32,33)/t17?,18?,19?,21?,26-/m0/s1. The van der Waals surface area contributed by atoms with Crippen LogP contribution in [0.5, 0.6) is 11.5 Å². The molecule has 0 amide bonds. The van der Waals surface area contributed by atoms with E-state index in [0.717, 1.165) is 12.8 Å². The largest absolute Gasteiger partial charge is 0.508 e. The van der Waals surface area contributed by atoms with Gasteiger partial charge in [0.05, 0.1) is 6.10 Å². The van der Waals surface area contributed by atoms with E-state index in [4.69, 9.17) is 24.7 Å².